The Hall–Kier alpha value is 0.380. The van der Waals surface area contributed by atoms with Gasteiger partial charge in [0.05, 0.1) is 0 Å². The molecule has 4 nitrogen and oxygen atoms in total. The summed E-state index contributed by atoms with van der Waals surface area (Å²) in [5, 5.41) is 9.94. The van der Waals surface area contributed by atoms with E-state index in [1.165, 1.54) is 0 Å². The van der Waals surface area contributed by atoms with Crippen LogP contribution in [0, 0.1) is 0 Å². The number of rotatable bonds is 3. The van der Waals surface area contributed by atoms with E-state index in [0.717, 1.165) is 6.92 Å². The molecule has 1 rings (SSSR count). The van der Waals surface area contributed by atoms with E-state index in [1.54, 1.807) is 24.3 Å². The van der Waals surface area contributed by atoms with Crippen molar-refractivity contribution in [2.24, 2.45) is 0 Å². The molecular weight excluding hydrogens is 263 g/mol. The van der Waals surface area contributed by atoms with Gasteiger partial charge in [-0.3, -0.25) is 0 Å². The first-order valence-corrected chi connectivity index (χ1v) is 5.93. The molecule has 0 aliphatic carbocycles. The standard InChI is InChI=1S/C9H11ClO4S.Na/c1-9(11,15(12,13)14)6-7-2-4-8(10)5-3-7;/h2-5,11H,6H2,1H3,(H,12,13,14);/q;+1/p-1. The first kappa shape index (κ1) is 16.4. The van der Waals surface area contributed by atoms with Gasteiger partial charge >= 0.3 is 29.6 Å². The van der Waals surface area contributed by atoms with Crippen molar-refractivity contribution in [1.29, 1.82) is 0 Å². The Morgan fingerprint density at radius 1 is 1.38 bits per heavy atom. The van der Waals surface area contributed by atoms with Crippen LogP contribution < -0.4 is 29.6 Å². The fourth-order valence-corrected chi connectivity index (χ4v) is 1.54. The summed E-state index contributed by atoms with van der Waals surface area (Å²) in [6.45, 7) is 0.976. The van der Waals surface area contributed by atoms with Crippen molar-refractivity contribution >= 4 is 21.7 Å². The van der Waals surface area contributed by atoms with Gasteiger partial charge in [-0.15, -0.1) is 0 Å². The Balaban J connectivity index is 0.00000225. The second-order valence-electron chi connectivity index (χ2n) is 3.43. The van der Waals surface area contributed by atoms with E-state index in [4.69, 9.17) is 11.6 Å². The summed E-state index contributed by atoms with van der Waals surface area (Å²) in [5.41, 5.74) is 0.531. The van der Waals surface area contributed by atoms with E-state index in [9.17, 15) is 18.1 Å². The summed E-state index contributed by atoms with van der Waals surface area (Å²) in [7, 11) is -4.74. The summed E-state index contributed by atoms with van der Waals surface area (Å²) in [4.78, 5) is -2.29. The van der Waals surface area contributed by atoms with E-state index < -0.39 is 15.1 Å². The van der Waals surface area contributed by atoms with Gasteiger partial charge in [0.1, 0.15) is 10.1 Å². The number of hydrogen-bond donors (Lipinski definition) is 1. The van der Waals surface area contributed by atoms with E-state index in [-0.39, 0.29) is 36.0 Å². The van der Waals surface area contributed by atoms with Crippen LogP contribution >= 0.6 is 11.6 Å². The van der Waals surface area contributed by atoms with Crippen LogP contribution in [0.25, 0.3) is 0 Å². The van der Waals surface area contributed by atoms with E-state index in [1.807, 2.05) is 0 Å². The molecule has 0 radical (unpaired) electrons. The van der Waals surface area contributed by atoms with Crippen LogP contribution in [0.5, 0.6) is 0 Å². The molecule has 0 aliphatic heterocycles. The van der Waals surface area contributed by atoms with Gasteiger partial charge in [0.2, 0.25) is 0 Å². The minimum absolute atomic E-state index is 0. The monoisotopic (exact) mass is 272 g/mol. The molecule has 0 bridgehead atoms. The molecule has 1 aromatic carbocycles. The Labute approximate surface area is 122 Å². The molecule has 16 heavy (non-hydrogen) atoms. The smallest absolute Gasteiger partial charge is 0.746 e. The van der Waals surface area contributed by atoms with Crippen molar-refractivity contribution < 1.29 is 47.6 Å². The average molecular weight is 273 g/mol. The van der Waals surface area contributed by atoms with Gasteiger partial charge < -0.3 is 9.66 Å². The summed E-state index contributed by atoms with van der Waals surface area (Å²) < 4.78 is 32.1. The number of benzene rings is 1. The molecule has 0 amide bonds. The number of aliphatic hydroxyl groups is 1. The van der Waals surface area contributed by atoms with Crippen LogP contribution in [0.4, 0.5) is 0 Å². The summed E-state index contributed by atoms with van der Waals surface area (Å²) in [6, 6.07) is 6.23. The summed E-state index contributed by atoms with van der Waals surface area (Å²) in [6.07, 6.45) is -0.254. The fourth-order valence-electron chi connectivity index (χ4n) is 1.07. The predicted molar refractivity (Wildman–Crippen MR) is 55.5 cm³/mol. The zero-order valence-electron chi connectivity index (χ0n) is 8.97. The van der Waals surface area contributed by atoms with Crippen molar-refractivity contribution in [3.05, 3.63) is 34.9 Å². The van der Waals surface area contributed by atoms with Crippen LogP contribution in [0.2, 0.25) is 5.02 Å². The van der Waals surface area contributed by atoms with E-state index >= 15 is 0 Å². The quantitative estimate of drug-likeness (QED) is 0.517. The Morgan fingerprint density at radius 2 is 1.81 bits per heavy atom. The SMILES string of the molecule is CC(O)(Cc1ccc(Cl)cc1)S(=O)(=O)[O-].[Na+]. The molecule has 0 saturated heterocycles. The van der Waals surface area contributed by atoms with Gasteiger partial charge in [0.25, 0.3) is 0 Å². The second kappa shape index (κ2) is 5.82. The zero-order valence-corrected chi connectivity index (χ0v) is 12.5. The summed E-state index contributed by atoms with van der Waals surface area (Å²) in [5.74, 6) is 0. The van der Waals surface area contributed by atoms with Gasteiger partial charge in [-0.2, -0.15) is 0 Å². The molecular formula is C9H10ClNaO4S. The van der Waals surface area contributed by atoms with Gasteiger partial charge in [0.15, 0.2) is 4.93 Å². The average Bonchev–Trinajstić information content (AvgIpc) is 2.06. The zero-order chi connectivity index (χ0) is 11.7. The fraction of sp³-hybridized carbons (Fsp3) is 0.333. The molecule has 0 aromatic heterocycles. The molecule has 1 aromatic rings. The molecule has 0 heterocycles. The van der Waals surface area contributed by atoms with Crippen molar-refractivity contribution in [2.75, 3.05) is 0 Å². The van der Waals surface area contributed by atoms with Crippen molar-refractivity contribution in [3.63, 3.8) is 0 Å². The third kappa shape index (κ3) is 4.33. The molecule has 7 heteroatoms. The second-order valence-corrected chi connectivity index (χ2v) is 5.66. The van der Waals surface area contributed by atoms with Gasteiger partial charge in [0, 0.05) is 11.4 Å². The molecule has 0 fully saturated rings. The molecule has 84 valence electrons. The van der Waals surface area contributed by atoms with Crippen molar-refractivity contribution in [3.8, 4) is 0 Å². The van der Waals surface area contributed by atoms with Gasteiger partial charge in [-0.25, -0.2) is 8.42 Å². The van der Waals surface area contributed by atoms with Crippen LogP contribution in [0.15, 0.2) is 24.3 Å². The largest absolute Gasteiger partial charge is 1.00 e. The van der Waals surface area contributed by atoms with Gasteiger partial charge in [-0.05, 0) is 24.6 Å². The summed E-state index contributed by atoms with van der Waals surface area (Å²) >= 11 is 5.63. The predicted octanol–water partition coefficient (Wildman–Crippen LogP) is -1.86. The van der Waals surface area contributed by atoms with Crippen molar-refractivity contribution in [1.82, 2.24) is 0 Å². The third-order valence-electron chi connectivity index (χ3n) is 1.98. The number of halogens is 1. The van der Waals surface area contributed by atoms with Crippen LogP contribution in [-0.4, -0.2) is 23.0 Å². The maximum absolute atomic E-state index is 10.7. The molecule has 1 atom stereocenters. The van der Waals surface area contributed by atoms with Gasteiger partial charge in [-0.1, -0.05) is 23.7 Å². The maximum atomic E-state index is 10.7. The molecule has 0 spiro atoms. The van der Waals surface area contributed by atoms with Crippen LogP contribution in [0.1, 0.15) is 12.5 Å². The topological polar surface area (TPSA) is 77.4 Å². The first-order valence-electron chi connectivity index (χ1n) is 4.15. The molecule has 0 saturated carbocycles. The molecule has 1 unspecified atom stereocenters. The third-order valence-corrected chi connectivity index (χ3v) is 3.46. The van der Waals surface area contributed by atoms with E-state index in [0.29, 0.717) is 10.6 Å². The van der Waals surface area contributed by atoms with E-state index in [2.05, 4.69) is 0 Å². The number of hydrogen-bond acceptors (Lipinski definition) is 4. The minimum atomic E-state index is -4.74. The Bertz CT molecular complexity index is 441. The maximum Gasteiger partial charge on any atom is 1.00 e. The van der Waals surface area contributed by atoms with Crippen LogP contribution in [0.3, 0.4) is 0 Å². The Kier molecular flexibility index (Phi) is 5.96. The normalized spacial score (nSPS) is 15.0. The first-order chi connectivity index (χ1) is 6.72. The molecule has 1 N–H and O–H groups in total. The molecule has 0 aliphatic rings. The minimum Gasteiger partial charge on any atom is -0.746 e. The van der Waals surface area contributed by atoms with Crippen LogP contribution in [-0.2, 0) is 16.5 Å². The Morgan fingerprint density at radius 3 is 2.19 bits per heavy atom. The van der Waals surface area contributed by atoms with Crippen molar-refractivity contribution in [2.45, 2.75) is 18.3 Å².